The smallest absolute Gasteiger partial charge is 0.263 e. The number of sulfonamides is 1. The second-order valence-corrected chi connectivity index (χ2v) is 8.77. The number of benzene rings is 1. The van der Waals surface area contributed by atoms with Crippen molar-refractivity contribution < 1.29 is 8.42 Å². The van der Waals surface area contributed by atoms with Crippen molar-refractivity contribution >= 4 is 68.5 Å². The largest absolute Gasteiger partial charge is 0.331 e. The van der Waals surface area contributed by atoms with Crippen molar-refractivity contribution in [1.82, 2.24) is 25.1 Å². The monoisotopic (exact) mass is 481 g/mol. The van der Waals surface area contributed by atoms with E-state index < -0.39 is 10.0 Å². The van der Waals surface area contributed by atoms with Gasteiger partial charge in [-0.25, -0.2) is 18.1 Å². The van der Waals surface area contributed by atoms with Gasteiger partial charge in [0.25, 0.3) is 10.0 Å². The number of H-pyrrole nitrogens is 1. The number of aromatic amines is 1. The SMILES string of the molecule is O=S(=O)(Nc1ccc(Cl)nn1)c1ccc(NC(=S)/N=C2\Cc3n[nH]c(=S)n3N2)cc1. The van der Waals surface area contributed by atoms with Crippen molar-refractivity contribution in [3.8, 4) is 0 Å². The van der Waals surface area contributed by atoms with E-state index in [1.54, 1.807) is 16.8 Å². The minimum Gasteiger partial charge on any atom is -0.331 e. The first kappa shape index (κ1) is 20.3. The zero-order chi connectivity index (χ0) is 21.3. The highest BCUT2D eigenvalue weighted by Gasteiger charge is 2.19. The molecule has 1 aliphatic rings. The summed E-state index contributed by atoms with van der Waals surface area (Å²) >= 11 is 16.0. The van der Waals surface area contributed by atoms with Crippen molar-refractivity contribution in [2.45, 2.75) is 11.3 Å². The van der Waals surface area contributed by atoms with Crippen molar-refractivity contribution in [3.05, 3.63) is 52.1 Å². The minimum atomic E-state index is -3.83. The van der Waals surface area contributed by atoms with Gasteiger partial charge in [0.15, 0.2) is 21.9 Å². The number of hydrogen-bond donors (Lipinski definition) is 4. The molecule has 15 heteroatoms. The number of nitrogens with zero attached hydrogens (tertiary/aromatic N) is 5. The Bertz CT molecular complexity index is 1300. The predicted octanol–water partition coefficient (Wildman–Crippen LogP) is 2.08. The van der Waals surface area contributed by atoms with Gasteiger partial charge in [-0.3, -0.25) is 15.2 Å². The quantitative estimate of drug-likeness (QED) is 0.412. The van der Waals surface area contributed by atoms with Gasteiger partial charge in [-0.05, 0) is 60.8 Å². The molecule has 3 heterocycles. The van der Waals surface area contributed by atoms with Gasteiger partial charge in [0, 0.05) is 5.69 Å². The number of aromatic nitrogens is 5. The molecule has 154 valence electrons. The van der Waals surface area contributed by atoms with E-state index in [4.69, 9.17) is 36.0 Å². The second-order valence-electron chi connectivity index (χ2n) is 5.93. The Morgan fingerprint density at radius 1 is 1.20 bits per heavy atom. The molecule has 3 aromatic rings. The molecule has 0 fully saturated rings. The Hall–Kier alpha value is -2.94. The van der Waals surface area contributed by atoms with Gasteiger partial charge in [0.05, 0.1) is 11.3 Å². The van der Waals surface area contributed by atoms with Gasteiger partial charge in [-0.15, -0.1) is 10.2 Å². The van der Waals surface area contributed by atoms with Gasteiger partial charge in [-0.1, -0.05) is 11.6 Å². The molecular formula is C15H12ClN9O2S3. The lowest BCUT2D eigenvalue weighted by atomic mass is 10.3. The third-order valence-electron chi connectivity index (χ3n) is 3.83. The molecule has 0 atom stereocenters. The standard InChI is InChI=1S/C15H12ClN9O2S3/c16-10-5-6-11(20-19-10)24-30(26,27)9-3-1-8(2-4-9)17-14(28)18-12-7-13-21-22-15(29)25(13)23-12/h1-6H,7H2,(H,20,24)(H,22,29)(H2,17,18,23,28). The summed E-state index contributed by atoms with van der Waals surface area (Å²) in [5, 5.41) is 17.3. The van der Waals surface area contributed by atoms with E-state index in [1.807, 2.05) is 0 Å². The first-order chi connectivity index (χ1) is 14.3. The molecule has 2 aromatic heterocycles. The second kappa shape index (κ2) is 8.06. The Labute approximate surface area is 185 Å². The zero-order valence-electron chi connectivity index (χ0n) is 14.8. The Balaban J connectivity index is 1.41. The summed E-state index contributed by atoms with van der Waals surface area (Å²) in [6.45, 7) is 0. The maximum Gasteiger partial charge on any atom is 0.263 e. The molecular weight excluding hydrogens is 470 g/mol. The average molecular weight is 482 g/mol. The van der Waals surface area contributed by atoms with Crippen molar-refractivity contribution in [3.63, 3.8) is 0 Å². The van der Waals surface area contributed by atoms with Gasteiger partial charge in [0.1, 0.15) is 5.84 Å². The van der Waals surface area contributed by atoms with Crippen LogP contribution in [-0.4, -0.2) is 44.4 Å². The highest BCUT2D eigenvalue weighted by Crippen LogP contribution is 2.18. The first-order valence-electron chi connectivity index (χ1n) is 8.24. The third-order valence-corrected chi connectivity index (χ3v) is 5.87. The van der Waals surface area contributed by atoms with E-state index in [-0.39, 0.29) is 21.0 Å². The van der Waals surface area contributed by atoms with Crippen molar-refractivity contribution in [2.75, 3.05) is 15.5 Å². The fraction of sp³-hybridized carbons (Fsp3) is 0.0667. The van der Waals surface area contributed by atoms with E-state index in [9.17, 15) is 8.42 Å². The number of thiocarbonyl (C=S) groups is 1. The molecule has 4 N–H and O–H groups in total. The highest BCUT2D eigenvalue weighted by molar-refractivity contribution is 7.92. The number of halogens is 1. The van der Waals surface area contributed by atoms with Crippen LogP contribution in [0.4, 0.5) is 11.5 Å². The van der Waals surface area contributed by atoms with E-state index in [1.165, 1.54) is 24.3 Å². The summed E-state index contributed by atoms with van der Waals surface area (Å²) in [6, 6.07) is 8.83. The molecule has 1 aromatic carbocycles. The molecule has 0 unspecified atom stereocenters. The number of hydrogen-bond acceptors (Lipinski definition) is 7. The van der Waals surface area contributed by atoms with E-state index in [0.29, 0.717) is 28.5 Å². The molecule has 0 amide bonds. The summed E-state index contributed by atoms with van der Waals surface area (Å²) in [6.07, 6.45) is 0.450. The normalized spacial score (nSPS) is 14.2. The van der Waals surface area contributed by atoms with Crippen molar-refractivity contribution in [1.29, 1.82) is 0 Å². The van der Waals surface area contributed by atoms with Crippen LogP contribution in [-0.2, 0) is 16.4 Å². The summed E-state index contributed by atoms with van der Waals surface area (Å²) in [7, 11) is -3.83. The molecule has 11 nitrogen and oxygen atoms in total. The lowest BCUT2D eigenvalue weighted by Crippen LogP contribution is -2.19. The number of amidine groups is 1. The third kappa shape index (κ3) is 4.46. The lowest BCUT2D eigenvalue weighted by Gasteiger charge is -2.09. The molecule has 0 saturated heterocycles. The average Bonchev–Trinajstić information content (AvgIpc) is 3.25. The molecule has 0 aliphatic carbocycles. The minimum absolute atomic E-state index is 0.0409. The van der Waals surface area contributed by atoms with E-state index in [2.05, 4.69) is 40.9 Å². The number of anilines is 2. The summed E-state index contributed by atoms with van der Waals surface area (Å²) in [5.41, 5.74) is 3.56. The number of rotatable bonds is 4. The number of aliphatic imine (C=N–C) groups is 1. The number of nitrogens with one attached hydrogen (secondary N) is 4. The Morgan fingerprint density at radius 3 is 2.63 bits per heavy atom. The zero-order valence-corrected chi connectivity index (χ0v) is 18.0. The Kier molecular flexibility index (Phi) is 5.46. The van der Waals surface area contributed by atoms with Crippen LogP contribution in [0.5, 0.6) is 0 Å². The van der Waals surface area contributed by atoms with Gasteiger partial charge < -0.3 is 5.32 Å². The lowest BCUT2D eigenvalue weighted by molar-refractivity contribution is 0.601. The van der Waals surface area contributed by atoms with Crippen LogP contribution in [0.25, 0.3) is 0 Å². The van der Waals surface area contributed by atoms with Crippen molar-refractivity contribution in [2.24, 2.45) is 4.99 Å². The van der Waals surface area contributed by atoms with Crippen LogP contribution >= 0.6 is 36.0 Å². The summed E-state index contributed by atoms with van der Waals surface area (Å²) in [4.78, 5) is 4.32. The topological polar surface area (TPSA) is 142 Å². The van der Waals surface area contributed by atoms with Crippen LogP contribution in [0.15, 0.2) is 46.3 Å². The molecule has 0 radical (unpaired) electrons. The molecule has 0 bridgehead atoms. The molecule has 30 heavy (non-hydrogen) atoms. The van der Waals surface area contributed by atoms with Gasteiger partial charge in [0.2, 0.25) is 4.77 Å². The van der Waals surface area contributed by atoms with Crippen LogP contribution in [0.3, 0.4) is 0 Å². The van der Waals surface area contributed by atoms with E-state index in [0.717, 1.165) is 0 Å². The highest BCUT2D eigenvalue weighted by atomic mass is 35.5. The van der Waals surface area contributed by atoms with Crippen LogP contribution in [0.1, 0.15) is 5.82 Å². The van der Waals surface area contributed by atoms with Crippen LogP contribution in [0, 0.1) is 4.77 Å². The number of fused-ring (bicyclic) bond motifs is 1. The van der Waals surface area contributed by atoms with Crippen LogP contribution in [0.2, 0.25) is 5.15 Å². The molecule has 4 rings (SSSR count). The fourth-order valence-corrected chi connectivity index (χ4v) is 4.03. The fourth-order valence-electron chi connectivity index (χ4n) is 2.50. The summed E-state index contributed by atoms with van der Waals surface area (Å²) in [5.74, 6) is 1.35. The Morgan fingerprint density at radius 2 is 1.97 bits per heavy atom. The predicted molar refractivity (Wildman–Crippen MR) is 118 cm³/mol. The molecule has 0 spiro atoms. The van der Waals surface area contributed by atoms with E-state index >= 15 is 0 Å². The maximum atomic E-state index is 12.5. The van der Waals surface area contributed by atoms with Crippen LogP contribution < -0.4 is 15.5 Å². The van der Waals surface area contributed by atoms with Gasteiger partial charge >= 0.3 is 0 Å². The molecule has 0 saturated carbocycles. The maximum absolute atomic E-state index is 12.5. The summed E-state index contributed by atoms with van der Waals surface area (Å²) < 4.78 is 29.3. The van der Waals surface area contributed by atoms with Gasteiger partial charge in [-0.2, -0.15) is 5.10 Å². The first-order valence-corrected chi connectivity index (χ1v) is 10.9. The molecule has 1 aliphatic heterocycles.